The molecule has 0 saturated carbocycles. The minimum absolute atomic E-state index is 0.949. The molecule has 1 aromatic carbocycles. The van der Waals surface area contributed by atoms with Gasteiger partial charge in [0.25, 0.3) is 0 Å². The van der Waals surface area contributed by atoms with Gasteiger partial charge in [0.05, 0.1) is 6.21 Å². The van der Waals surface area contributed by atoms with Crippen LogP contribution < -0.4 is 0 Å². The van der Waals surface area contributed by atoms with E-state index in [9.17, 15) is 0 Å². The van der Waals surface area contributed by atoms with Crippen LogP contribution in [0.4, 0.5) is 0 Å². The summed E-state index contributed by atoms with van der Waals surface area (Å²) in [5, 5.41) is 11.2. The van der Waals surface area contributed by atoms with Gasteiger partial charge in [-0.3, -0.25) is 0 Å². The van der Waals surface area contributed by atoms with E-state index in [1.165, 1.54) is 6.21 Å². The SMILES string of the molecule is CC.Cc1ccccc1C=NO. The Kier molecular flexibility index (Phi) is 5.70. The molecule has 1 rings (SSSR count). The van der Waals surface area contributed by atoms with Gasteiger partial charge >= 0.3 is 0 Å². The lowest BCUT2D eigenvalue weighted by atomic mass is 10.1. The molecule has 0 aliphatic heterocycles. The molecule has 0 aliphatic carbocycles. The highest BCUT2D eigenvalue weighted by molar-refractivity contribution is 5.80. The van der Waals surface area contributed by atoms with Gasteiger partial charge in [-0.15, -0.1) is 0 Å². The van der Waals surface area contributed by atoms with Crippen molar-refractivity contribution in [1.29, 1.82) is 0 Å². The third-order valence-corrected chi connectivity index (χ3v) is 1.39. The Morgan fingerprint density at radius 1 is 1.25 bits per heavy atom. The fraction of sp³-hybridized carbons (Fsp3) is 0.300. The summed E-state index contributed by atoms with van der Waals surface area (Å²) in [4.78, 5) is 0. The van der Waals surface area contributed by atoms with Crippen molar-refractivity contribution in [3.8, 4) is 0 Å². The third-order valence-electron chi connectivity index (χ3n) is 1.39. The molecule has 1 aromatic rings. The second-order valence-corrected chi connectivity index (χ2v) is 2.10. The van der Waals surface area contributed by atoms with Crippen LogP contribution in [0.3, 0.4) is 0 Å². The molecule has 0 bridgehead atoms. The van der Waals surface area contributed by atoms with E-state index in [1.807, 2.05) is 45.0 Å². The van der Waals surface area contributed by atoms with Gasteiger partial charge in [0.15, 0.2) is 0 Å². The lowest BCUT2D eigenvalue weighted by Crippen LogP contribution is -1.84. The summed E-state index contributed by atoms with van der Waals surface area (Å²) in [5.41, 5.74) is 2.06. The molecule has 0 fully saturated rings. The molecule has 2 nitrogen and oxygen atoms in total. The highest BCUT2D eigenvalue weighted by Gasteiger charge is 1.89. The van der Waals surface area contributed by atoms with Crippen LogP contribution in [0.25, 0.3) is 0 Å². The zero-order chi connectivity index (χ0) is 9.40. The first-order valence-electron chi connectivity index (χ1n) is 4.07. The Morgan fingerprint density at radius 3 is 2.33 bits per heavy atom. The minimum atomic E-state index is 0.949. The maximum absolute atomic E-state index is 8.21. The average molecular weight is 165 g/mol. The van der Waals surface area contributed by atoms with Crippen LogP contribution in [0.5, 0.6) is 0 Å². The van der Waals surface area contributed by atoms with Crippen molar-refractivity contribution in [2.75, 3.05) is 0 Å². The molecular weight excluding hydrogens is 150 g/mol. The second-order valence-electron chi connectivity index (χ2n) is 2.10. The second kappa shape index (κ2) is 6.40. The van der Waals surface area contributed by atoms with E-state index in [1.54, 1.807) is 0 Å². The van der Waals surface area contributed by atoms with Crippen LogP contribution in [-0.2, 0) is 0 Å². The first-order valence-corrected chi connectivity index (χ1v) is 4.07. The Balaban J connectivity index is 0.000000561. The average Bonchev–Trinajstić information content (AvgIpc) is 2.13. The molecule has 2 heteroatoms. The molecule has 12 heavy (non-hydrogen) atoms. The zero-order valence-electron chi connectivity index (χ0n) is 7.78. The molecule has 0 saturated heterocycles. The first-order chi connectivity index (χ1) is 5.84. The lowest BCUT2D eigenvalue weighted by Gasteiger charge is -1.94. The predicted octanol–water partition coefficient (Wildman–Crippen LogP) is 2.83. The molecule has 1 N–H and O–H groups in total. The molecule has 0 unspecified atom stereocenters. The van der Waals surface area contributed by atoms with Gasteiger partial charge in [-0.05, 0) is 18.1 Å². The van der Waals surface area contributed by atoms with E-state index in [0.29, 0.717) is 0 Å². The van der Waals surface area contributed by atoms with E-state index in [4.69, 9.17) is 5.21 Å². The predicted molar refractivity (Wildman–Crippen MR) is 51.9 cm³/mol. The quantitative estimate of drug-likeness (QED) is 0.387. The lowest BCUT2D eigenvalue weighted by molar-refractivity contribution is 0.322. The number of nitrogens with zero attached hydrogens (tertiary/aromatic N) is 1. The van der Waals surface area contributed by atoms with Crippen molar-refractivity contribution in [2.45, 2.75) is 20.8 Å². The van der Waals surface area contributed by atoms with Crippen molar-refractivity contribution in [2.24, 2.45) is 5.16 Å². The molecule has 0 heterocycles. The molecule has 66 valence electrons. The third kappa shape index (κ3) is 3.19. The van der Waals surface area contributed by atoms with Gasteiger partial charge < -0.3 is 5.21 Å². The zero-order valence-corrected chi connectivity index (χ0v) is 7.78. The summed E-state index contributed by atoms with van der Waals surface area (Å²) in [5.74, 6) is 0. The van der Waals surface area contributed by atoms with Gasteiger partial charge in [0.1, 0.15) is 0 Å². The largest absolute Gasteiger partial charge is 0.411 e. The molecule has 0 radical (unpaired) electrons. The van der Waals surface area contributed by atoms with E-state index in [-0.39, 0.29) is 0 Å². The van der Waals surface area contributed by atoms with Crippen LogP contribution >= 0.6 is 0 Å². The molecule has 0 aromatic heterocycles. The number of rotatable bonds is 1. The molecule has 0 atom stereocenters. The van der Waals surface area contributed by atoms with Crippen LogP contribution in [0.2, 0.25) is 0 Å². The number of hydrogen-bond donors (Lipinski definition) is 1. The van der Waals surface area contributed by atoms with Gasteiger partial charge in [0, 0.05) is 0 Å². The number of benzene rings is 1. The smallest absolute Gasteiger partial charge is 0.0736 e. The van der Waals surface area contributed by atoms with Crippen molar-refractivity contribution in [1.82, 2.24) is 0 Å². The van der Waals surface area contributed by atoms with Crippen LogP contribution in [0.1, 0.15) is 25.0 Å². The van der Waals surface area contributed by atoms with Crippen molar-refractivity contribution in [3.63, 3.8) is 0 Å². The Labute approximate surface area is 73.5 Å². The summed E-state index contributed by atoms with van der Waals surface area (Å²) in [7, 11) is 0. The van der Waals surface area contributed by atoms with Crippen LogP contribution in [0, 0.1) is 6.92 Å². The summed E-state index contributed by atoms with van der Waals surface area (Å²) >= 11 is 0. The Morgan fingerprint density at radius 2 is 1.83 bits per heavy atom. The highest BCUT2D eigenvalue weighted by atomic mass is 16.4. The van der Waals surface area contributed by atoms with Crippen molar-refractivity contribution < 1.29 is 5.21 Å². The topological polar surface area (TPSA) is 32.6 Å². The summed E-state index contributed by atoms with van der Waals surface area (Å²) < 4.78 is 0. The number of oxime groups is 1. The summed E-state index contributed by atoms with van der Waals surface area (Å²) in [6.45, 7) is 5.97. The Hall–Kier alpha value is -1.31. The minimum Gasteiger partial charge on any atom is -0.411 e. The monoisotopic (exact) mass is 165 g/mol. The standard InChI is InChI=1S/C8H9NO.C2H6/c1-7-4-2-3-5-8(7)6-9-10;1-2/h2-6,10H,1H3;1-2H3. The van der Waals surface area contributed by atoms with Crippen molar-refractivity contribution in [3.05, 3.63) is 35.4 Å². The van der Waals surface area contributed by atoms with Gasteiger partial charge in [0.2, 0.25) is 0 Å². The maximum atomic E-state index is 8.21. The number of hydrogen-bond acceptors (Lipinski definition) is 2. The van der Waals surface area contributed by atoms with Crippen molar-refractivity contribution >= 4 is 6.21 Å². The molecular formula is C10H15NO. The van der Waals surface area contributed by atoms with Gasteiger partial charge in [-0.25, -0.2) is 0 Å². The van der Waals surface area contributed by atoms with E-state index in [0.717, 1.165) is 11.1 Å². The van der Waals surface area contributed by atoms with E-state index in [2.05, 4.69) is 5.16 Å². The summed E-state index contributed by atoms with van der Waals surface area (Å²) in [6, 6.07) is 7.72. The normalized spacial score (nSPS) is 9.25. The van der Waals surface area contributed by atoms with Crippen LogP contribution in [0.15, 0.2) is 29.4 Å². The number of aryl methyl sites for hydroxylation is 1. The van der Waals surface area contributed by atoms with Crippen LogP contribution in [-0.4, -0.2) is 11.4 Å². The maximum Gasteiger partial charge on any atom is 0.0736 e. The van der Waals surface area contributed by atoms with E-state index >= 15 is 0 Å². The molecule has 0 aliphatic rings. The Bertz CT molecular complexity index is 243. The van der Waals surface area contributed by atoms with Gasteiger partial charge in [-0.2, -0.15) is 0 Å². The fourth-order valence-corrected chi connectivity index (χ4v) is 0.794. The van der Waals surface area contributed by atoms with E-state index < -0.39 is 0 Å². The summed E-state index contributed by atoms with van der Waals surface area (Å²) in [6.07, 6.45) is 1.43. The van der Waals surface area contributed by atoms with Gasteiger partial charge in [-0.1, -0.05) is 43.3 Å². The first kappa shape index (κ1) is 10.7. The fourth-order valence-electron chi connectivity index (χ4n) is 0.794. The molecule has 0 amide bonds. The molecule has 0 spiro atoms. The highest BCUT2D eigenvalue weighted by Crippen LogP contribution is 2.02.